The average molecular weight is 237 g/mol. The van der Waals surface area contributed by atoms with Crippen molar-refractivity contribution in [3.05, 3.63) is 30.1 Å². The van der Waals surface area contributed by atoms with Gasteiger partial charge in [-0.3, -0.25) is 14.6 Å². The summed E-state index contributed by atoms with van der Waals surface area (Å²) in [6, 6.07) is 5.40. The van der Waals surface area contributed by atoms with Crippen LogP contribution in [0.15, 0.2) is 24.4 Å². The molecule has 17 heavy (non-hydrogen) atoms. The van der Waals surface area contributed by atoms with Gasteiger partial charge in [-0.1, -0.05) is 6.07 Å². The summed E-state index contributed by atoms with van der Waals surface area (Å²) in [7, 11) is 0. The molecule has 0 aliphatic heterocycles. The number of hydrogen-bond acceptors (Lipinski definition) is 4. The first-order chi connectivity index (χ1) is 8.15. The minimum absolute atomic E-state index is 0.187. The van der Waals surface area contributed by atoms with Crippen LogP contribution in [0.25, 0.3) is 0 Å². The van der Waals surface area contributed by atoms with Crippen molar-refractivity contribution < 1.29 is 19.4 Å². The van der Waals surface area contributed by atoms with Crippen molar-refractivity contribution in [3.63, 3.8) is 0 Å². The molecular formula is C12H15NO4. The Kier molecular flexibility index (Phi) is 5.13. The number of carboxylic acid groups (broad SMARTS) is 1. The summed E-state index contributed by atoms with van der Waals surface area (Å²) in [6.45, 7) is 1.84. The van der Waals surface area contributed by atoms with Crippen molar-refractivity contribution in [2.24, 2.45) is 5.92 Å². The molecular weight excluding hydrogens is 222 g/mol. The van der Waals surface area contributed by atoms with Gasteiger partial charge in [-0.25, -0.2) is 0 Å². The van der Waals surface area contributed by atoms with Crippen LogP contribution in [0.4, 0.5) is 0 Å². The standard InChI is InChI=1S/C12H15NO4/c1-2-17-12(16)10(11(14)15)7-6-9-5-3-4-8-13-9/h3-5,8,10H,2,6-7H2,1H3,(H,14,15). The monoisotopic (exact) mass is 237 g/mol. The zero-order valence-corrected chi connectivity index (χ0v) is 9.63. The van der Waals surface area contributed by atoms with Crippen LogP contribution in [-0.4, -0.2) is 28.6 Å². The highest BCUT2D eigenvalue weighted by Gasteiger charge is 2.27. The van der Waals surface area contributed by atoms with E-state index in [0.29, 0.717) is 6.42 Å². The molecule has 1 aromatic heterocycles. The first-order valence-electron chi connectivity index (χ1n) is 5.44. The number of pyridine rings is 1. The van der Waals surface area contributed by atoms with Gasteiger partial charge in [0.15, 0.2) is 5.92 Å². The minimum atomic E-state index is -1.15. The van der Waals surface area contributed by atoms with Gasteiger partial charge in [-0.15, -0.1) is 0 Å². The third-order valence-corrected chi connectivity index (χ3v) is 2.28. The van der Waals surface area contributed by atoms with Crippen molar-refractivity contribution in [1.82, 2.24) is 4.98 Å². The second kappa shape index (κ2) is 6.62. The molecule has 1 atom stereocenters. The van der Waals surface area contributed by atoms with Gasteiger partial charge in [0, 0.05) is 11.9 Å². The van der Waals surface area contributed by atoms with E-state index in [-0.39, 0.29) is 13.0 Å². The first-order valence-corrected chi connectivity index (χ1v) is 5.44. The van der Waals surface area contributed by atoms with Crippen LogP contribution in [0.1, 0.15) is 19.0 Å². The second-order valence-electron chi connectivity index (χ2n) is 3.50. The molecule has 1 aromatic rings. The highest BCUT2D eigenvalue weighted by Crippen LogP contribution is 2.10. The van der Waals surface area contributed by atoms with Crippen LogP contribution in [0.3, 0.4) is 0 Å². The Bertz CT molecular complexity index is 377. The second-order valence-corrected chi connectivity index (χ2v) is 3.50. The summed E-state index contributed by atoms with van der Waals surface area (Å²) in [4.78, 5) is 26.4. The maximum absolute atomic E-state index is 11.4. The fraction of sp³-hybridized carbons (Fsp3) is 0.417. The molecule has 0 radical (unpaired) electrons. The number of nitrogens with zero attached hydrogens (tertiary/aromatic N) is 1. The van der Waals surface area contributed by atoms with Gasteiger partial charge in [0.1, 0.15) is 0 Å². The molecule has 1 rings (SSSR count). The number of aromatic nitrogens is 1. The molecule has 92 valence electrons. The quantitative estimate of drug-likeness (QED) is 0.595. The Balaban J connectivity index is 2.56. The maximum atomic E-state index is 11.4. The summed E-state index contributed by atoms with van der Waals surface area (Å²) in [5.74, 6) is -2.95. The normalized spacial score (nSPS) is 11.8. The van der Waals surface area contributed by atoms with E-state index in [1.54, 1.807) is 25.3 Å². The fourth-order valence-corrected chi connectivity index (χ4v) is 1.42. The number of hydrogen-bond donors (Lipinski definition) is 1. The summed E-state index contributed by atoms with van der Waals surface area (Å²) >= 11 is 0. The molecule has 0 saturated heterocycles. The van der Waals surface area contributed by atoms with Crippen LogP contribution >= 0.6 is 0 Å². The van der Waals surface area contributed by atoms with Gasteiger partial charge in [0.2, 0.25) is 0 Å². The van der Waals surface area contributed by atoms with Crippen LogP contribution in [0.2, 0.25) is 0 Å². The highest BCUT2D eigenvalue weighted by molar-refractivity contribution is 5.93. The molecule has 5 heteroatoms. The van der Waals surface area contributed by atoms with Gasteiger partial charge in [-0.2, -0.15) is 0 Å². The van der Waals surface area contributed by atoms with Crippen LogP contribution in [-0.2, 0) is 20.7 Å². The molecule has 0 aromatic carbocycles. The van der Waals surface area contributed by atoms with E-state index in [0.717, 1.165) is 5.69 Å². The lowest BCUT2D eigenvalue weighted by Crippen LogP contribution is -2.26. The molecule has 1 heterocycles. The third-order valence-electron chi connectivity index (χ3n) is 2.28. The maximum Gasteiger partial charge on any atom is 0.320 e. The van der Waals surface area contributed by atoms with Crippen molar-refractivity contribution in [2.75, 3.05) is 6.61 Å². The molecule has 0 spiro atoms. The fourth-order valence-electron chi connectivity index (χ4n) is 1.42. The largest absolute Gasteiger partial charge is 0.481 e. The summed E-state index contributed by atoms with van der Waals surface area (Å²) in [6.07, 6.45) is 2.28. The van der Waals surface area contributed by atoms with Gasteiger partial charge in [-0.05, 0) is 31.9 Å². The molecule has 0 bridgehead atoms. The van der Waals surface area contributed by atoms with Gasteiger partial charge < -0.3 is 9.84 Å². The molecule has 0 aliphatic carbocycles. The van der Waals surface area contributed by atoms with Crippen LogP contribution in [0, 0.1) is 5.92 Å². The van der Waals surface area contributed by atoms with Gasteiger partial charge in [0.25, 0.3) is 0 Å². The van der Waals surface area contributed by atoms with E-state index in [2.05, 4.69) is 4.98 Å². The highest BCUT2D eigenvalue weighted by atomic mass is 16.5. The zero-order chi connectivity index (χ0) is 12.7. The van der Waals surface area contributed by atoms with E-state index in [1.807, 2.05) is 6.07 Å². The van der Waals surface area contributed by atoms with E-state index in [9.17, 15) is 9.59 Å². The van der Waals surface area contributed by atoms with Crippen molar-refractivity contribution in [1.29, 1.82) is 0 Å². The number of aliphatic carboxylic acids is 1. The predicted octanol–water partition coefficient (Wildman–Crippen LogP) is 1.28. The number of esters is 1. The average Bonchev–Trinajstić information content (AvgIpc) is 2.30. The summed E-state index contributed by atoms with van der Waals surface area (Å²) < 4.78 is 4.71. The number of aryl methyl sites for hydroxylation is 1. The summed E-state index contributed by atoms with van der Waals surface area (Å²) in [5, 5.41) is 8.93. The van der Waals surface area contributed by atoms with Crippen molar-refractivity contribution >= 4 is 11.9 Å². The number of ether oxygens (including phenoxy) is 1. The molecule has 0 amide bonds. The molecule has 1 unspecified atom stereocenters. The molecule has 0 saturated carbocycles. The third kappa shape index (κ3) is 4.22. The Labute approximate surface area is 99.4 Å². The zero-order valence-electron chi connectivity index (χ0n) is 9.63. The van der Waals surface area contributed by atoms with Crippen molar-refractivity contribution in [3.8, 4) is 0 Å². The SMILES string of the molecule is CCOC(=O)C(CCc1ccccn1)C(=O)O. The Morgan fingerprint density at radius 2 is 2.24 bits per heavy atom. The van der Waals surface area contributed by atoms with E-state index in [1.165, 1.54) is 0 Å². The topological polar surface area (TPSA) is 76.5 Å². The van der Waals surface area contributed by atoms with Crippen LogP contribution < -0.4 is 0 Å². The molecule has 1 N–H and O–H groups in total. The Morgan fingerprint density at radius 3 is 2.76 bits per heavy atom. The lowest BCUT2D eigenvalue weighted by molar-refractivity contribution is -0.158. The summed E-state index contributed by atoms with van der Waals surface area (Å²) in [5.41, 5.74) is 0.767. The van der Waals surface area contributed by atoms with E-state index >= 15 is 0 Å². The number of carboxylic acids is 1. The number of rotatable bonds is 6. The molecule has 5 nitrogen and oxygen atoms in total. The predicted molar refractivity (Wildman–Crippen MR) is 60.3 cm³/mol. The van der Waals surface area contributed by atoms with E-state index < -0.39 is 17.9 Å². The van der Waals surface area contributed by atoms with E-state index in [4.69, 9.17) is 9.84 Å². The van der Waals surface area contributed by atoms with Gasteiger partial charge >= 0.3 is 11.9 Å². The van der Waals surface area contributed by atoms with Gasteiger partial charge in [0.05, 0.1) is 6.61 Å². The Hall–Kier alpha value is -1.91. The minimum Gasteiger partial charge on any atom is -0.481 e. The first kappa shape index (κ1) is 13.2. The molecule has 0 fully saturated rings. The smallest absolute Gasteiger partial charge is 0.320 e. The Morgan fingerprint density at radius 1 is 1.47 bits per heavy atom. The number of carbonyl (C=O) groups excluding carboxylic acids is 1. The molecule has 0 aliphatic rings. The lowest BCUT2D eigenvalue weighted by atomic mass is 10.0. The lowest BCUT2D eigenvalue weighted by Gasteiger charge is -2.10. The van der Waals surface area contributed by atoms with Crippen LogP contribution in [0.5, 0.6) is 0 Å². The van der Waals surface area contributed by atoms with Crippen molar-refractivity contribution in [2.45, 2.75) is 19.8 Å². The number of carbonyl (C=O) groups is 2.